The Balaban J connectivity index is 1.76. The number of hydrogen-bond donors (Lipinski definition) is 1. The van der Waals surface area contributed by atoms with Crippen LogP contribution in [0.2, 0.25) is 0 Å². The van der Waals surface area contributed by atoms with Gasteiger partial charge in [0.15, 0.2) is 0 Å². The molecule has 0 unspecified atom stereocenters. The van der Waals surface area contributed by atoms with E-state index in [4.69, 9.17) is 4.74 Å². The van der Waals surface area contributed by atoms with Crippen LogP contribution in [0.4, 0.5) is 5.95 Å². The molecule has 2 heterocycles. The van der Waals surface area contributed by atoms with Crippen LogP contribution < -0.4 is 5.32 Å². The smallest absolute Gasteiger partial charge is 0.259 e. The zero-order chi connectivity index (χ0) is 14.1. The molecule has 3 rings (SSSR count). The van der Waals surface area contributed by atoms with Crippen LogP contribution in [0.5, 0.6) is 0 Å². The molecule has 0 aromatic carbocycles. The summed E-state index contributed by atoms with van der Waals surface area (Å²) in [4.78, 5) is 13.2. The van der Waals surface area contributed by atoms with E-state index in [0.29, 0.717) is 24.0 Å². The van der Waals surface area contributed by atoms with Crippen molar-refractivity contribution >= 4 is 23.2 Å². The highest BCUT2D eigenvalue weighted by Gasteiger charge is 2.29. The fourth-order valence-electron chi connectivity index (χ4n) is 2.10. The second kappa shape index (κ2) is 5.34. The van der Waals surface area contributed by atoms with E-state index in [9.17, 15) is 4.79 Å². The van der Waals surface area contributed by atoms with Gasteiger partial charge in [0.1, 0.15) is 5.82 Å². The summed E-state index contributed by atoms with van der Waals surface area (Å²) in [5, 5.41) is 12.9. The monoisotopic (exact) mass is 292 g/mol. The average Bonchev–Trinajstić information content (AvgIpc) is 3.06. The number of methoxy groups -OCH3 is 1. The third-order valence-corrected chi connectivity index (χ3v) is 4.24. The van der Waals surface area contributed by atoms with Crippen molar-refractivity contribution in [2.24, 2.45) is 7.05 Å². The van der Waals surface area contributed by atoms with Crippen molar-refractivity contribution in [3.8, 4) is 0 Å². The van der Waals surface area contributed by atoms with Gasteiger partial charge in [-0.15, -0.1) is 21.5 Å². The molecule has 2 aromatic rings. The number of thiophene rings is 1. The maximum atomic E-state index is 12.3. The maximum absolute atomic E-state index is 12.3. The molecular weight excluding hydrogens is 276 g/mol. The first-order valence-electron chi connectivity index (χ1n) is 6.46. The zero-order valence-corrected chi connectivity index (χ0v) is 12.2. The number of aromatic nitrogens is 3. The quantitative estimate of drug-likeness (QED) is 0.917. The minimum absolute atomic E-state index is 0.170. The molecule has 0 spiro atoms. The lowest BCUT2D eigenvalue weighted by atomic mass is 10.2. The molecule has 2 aromatic heterocycles. The van der Waals surface area contributed by atoms with Crippen molar-refractivity contribution in [3.63, 3.8) is 0 Å². The number of anilines is 1. The number of nitrogens with zero attached hydrogens (tertiary/aromatic N) is 3. The van der Waals surface area contributed by atoms with Gasteiger partial charge < -0.3 is 4.74 Å². The molecule has 0 bridgehead atoms. The lowest BCUT2D eigenvalue weighted by Gasteiger charge is -2.06. The SMILES string of the molecule is COCc1sccc1C(=O)Nc1nnc(C2CC2)n1C. The van der Waals surface area contributed by atoms with Crippen molar-refractivity contribution in [1.82, 2.24) is 14.8 Å². The summed E-state index contributed by atoms with van der Waals surface area (Å²) in [5.74, 6) is 1.77. The molecule has 106 valence electrons. The third kappa shape index (κ3) is 2.46. The Hall–Kier alpha value is -1.73. The van der Waals surface area contributed by atoms with E-state index in [0.717, 1.165) is 23.5 Å². The van der Waals surface area contributed by atoms with Gasteiger partial charge in [-0.05, 0) is 24.3 Å². The highest BCUT2D eigenvalue weighted by molar-refractivity contribution is 7.10. The molecule has 7 heteroatoms. The Morgan fingerprint density at radius 3 is 3.05 bits per heavy atom. The molecule has 20 heavy (non-hydrogen) atoms. The number of amides is 1. The largest absolute Gasteiger partial charge is 0.379 e. The van der Waals surface area contributed by atoms with E-state index < -0.39 is 0 Å². The summed E-state index contributed by atoms with van der Waals surface area (Å²) in [7, 11) is 3.50. The average molecular weight is 292 g/mol. The molecule has 0 atom stereocenters. The molecule has 0 radical (unpaired) electrons. The second-order valence-electron chi connectivity index (χ2n) is 4.86. The Kier molecular flexibility index (Phi) is 3.54. The van der Waals surface area contributed by atoms with Gasteiger partial charge in [-0.2, -0.15) is 0 Å². The summed E-state index contributed by atoms with van der Waals surface area (Å²) in [6, 6.07) is 1.80. The van der Waals surface area contributed by atoms with Crippen LogP contribution in [0, 0.1) is 0 Å². The van der Waals surface area contributed by atoms with E-state index in [2.05, 4.69) is 15.5 Å². The maximum Gasteiger partial charge on any atom is 0.259 e. The van der Waals surface area contributed by atoms with E-state index in [1.54, 1.807) is 13.2 Å². The van der Waals surface area contributed by atoms with Crippen molar-refractivity contribution in [2.75, 3.05) is 12.4 Å². The number of hydrogen-bond acceptors (Lipinski definition) is 5. The van der Waals surface area contributed by atoms with Crippen molar-refractivity contribution < 1.29 is 9.53 Å². The molecule has 1 N–H and O–H groups in total. The first-order chi connectivity index (χ1) is 9.70. The molecule has 1 amide bonds. The fourth-order valence-corrected chi connectivity index (χ4v) is 2.94. The van der Waals surface area contributed by atoms with Crippen LogP contribution in [-0.4, -0.2) is 27.8 Å². The standard InChI is InChI=1S/C13H16N4O2S/c1-17-11(8-3-4-8)15-16-13(17)14-12(18)9-5-6-20-10(9)7-19-2/h5-6,8H,3-4,7H2,1-2H3,(H,14,16,18). The fraction of sp³-hybridized carbons (Fsp3) is 0.462. The third-order valence-electron chi connectivity index (χ3n) is 3.34. The first kappa shape index (κ1) is 13.3. The Bertz CT molecular complexity index is 630. The summed E-state index contributed by atoms with van der Waals surface area (Å²) < 4.78 is 6.95. The summed E-state index contributed by atoms with van der Waals surface area (Å²) in [6.45, 7) is 0.437. The van der Waals surface area contributed by atoms with Crippen molar-refractivity contribution in [1.29, 1.82) is 0 Å². The predicted molar refractivity (Wildman–Crippen MR) is 76.0 cm³/mol. The number of carbonyl (C=O) groups is 1. The lowest BCUT2D eigenvalue weighted by molar-refractivity contribution is 0.102. The molecule has 1 fully saturated rings. The number of ether oxygens (including phenoxy) is 1. The Morgan fingerprint density at radius 1 is 1.55 bits per heavy atom. The molecule has 6 nitrogen and oxygen atoms in total. The van der Waals surface area contributed by atoms with Gasteiger partial charge in [0, 0.05) is 25.0 Å². The highest BCUT2D eigenvalue weighted by atomic mass is 32.1. The van der Waals surface area contributed by atoms with Crippen LogP contribution in [0.25, 0.3) is 0 Å². The van der Waals surface area contributed by atoms with E-state index in [1.807, 2.05) is 17.0 Å². The van der Waals surface area contributed by atoms with Crippen LogP contribution in [0.3, 0.4) is 0 Å². The first-order valence-corrected chi connectivity index (χ1v) is 7.34. The summed E-state index contributed by atoms with van der Waals surface area (Å²) in [6.07, 6.45) is 2.31. The minimum Gasteiger partial charge on any atom is -0.379 e. The van der Waals surface area contributed by atoms with E-state index in [1.165, 1.54) is 11.3 Å². The summed E-state index contributed by atoms with van der Waals surface area (Å²) >= 11 is 1.51. The van der Waals surface area contributed by atoms with Crippen LogP contribution >= 0.6 is 11.3 Å². The molecule has 0 saturated heterocycles. The van der Waals surface area contributed by atoms with Gasteiger partial charge in [0.05, 0.1) is 12.2 Å². The number of carbonyl (C=O) groups excluding carboxylic acids is 1. The zero-order valence-electron chi connectivity index (χ0n) is 11.4. The molecule has 1 aliphatic rings. The van der Waals surface area contributed by atoms with Crippen molar-refractivity contribution in [2.45, 2.75) is 25.4 Å². The molecule has 1 saturated carbocycles. The van der Waals surface area contributed by atoms with E-state index >= 15 is 0 Å². The van der Waals surface area contributed by atoms with Gasteiger partial charge in [-0.3, -0.25) is 14.7 Å². The van der Waals surface area contributed by atoms with Gasteiger partial charge >= 0.3 is 0 Å². The predicted octanol–water partition coefficient (Wildman–Crippen LogP) is 2.15. The summed E-state index contributed by atoms with van der Waals surface area (Å²) in [5.41, 5.74) is 0.632. The number of rotatable bonds is 5. The Labute approximate surface area is 120 Å². The van der Waals surface area contributed by atoms with Gasteiger partial charge in [0.2, 0.25) is 5.95 Å². The van der Waals surface area contributed by atoms with Crippen LogP contribution in [0.15, 0.2) is 11.4 Å². The topological polar surface area (TPSA) is 69.0 Å². The van der Waals surface area contributed by atoms with Gasteiger partial charge in [0.25, 0.3) is 5.91 Å². The Morgan fingerprint density at radius 2 is 2.35 bits per heavy atom. The number of nitrogens with one attached hydrogen (secondary N) is 1. The van der Waals surface area contributed by atoms with Crippen LogP contribution in [0.1, 0.15) is 39.8 Å². The van der Waals surface area contributed by atoms with Crippen molar-refractivity contribution in [3.05, 3.63) is 27.7 Å². The molecule has 0 aliphatic heterocycles. The lowest BCUT2D eigenvalue weighted by Crippen LogP contribution is -2.16. The highest BCUT2D eigenvalue weighted by Crippen LogP contribution is 2.39. The minimum atomic E-state index is -0.170. The molecular formula is C13H16N4O2S. The van der Waals surface area contributed by atoms with E-state index in [-0.39, 0.29) is 5.91 Å². The van der Waals surface area contributed by atoms with Crippen LogP contribution in [-0.2, 0) is 18.4 Å². The molecule has 1 aliphatic carbocycles. The van der Waals surface area contributed by atoms with Gasteiger partial charge in [-0.25, -0.2) is 0 Å². The second-order valence-corrected chi connectivity index (χ2v) is 5.86. The normalized spacial score (nSPS) is 14.5. The van der Waals surface area contributed by atoms with Gasteiger partial charge in [-0.1, -0.05) is 0 Å².